The molecule has 0 radical (unpaired) electrons. The molecule has 22 heavy (non-hydrogen) atoms. The predicted molar refractivity (Wildman–Crippen MR) is 98.2 cm³/mol. The molecular formula is C22H26. The Labute approximate surface area is 134 Å². The molecule has 0 atom stereocenters. The Hall–Kier alpha value is -2.08. The fourth-order valence-electron chi connectivity index (χ4n) is 2.53. The van der Waals surface area contributed by atoms with E-state index in [0.717, 1.165) is 0 Å². The highest BCUT2D eigenvalue weighted by Crippen LogP contribution is 2.11. The number of benzene rings is 3. The Morgan fingerprint density at radius 1 is 0.545 bits per heavy atom. The van der Waals surface area contributed by atoms with Gasteiger partial charge < -0.3 is 0 Å². The van der Waals surface area contributed by atoms with E-state index < -0.39 is 0 Å². The second kappa shape index (κ2) is 9.78. The Morgan fingerprint density at radius 3 is 1.55 bits per heavy atom. The maximum absolute atomic E-state index is 2.25. The van der Waals surface area contributed by atoms with E-state index in [9.17, 15) is 0 Å². The Bertz CT molecular complexity index is 575. The van der Waals surface area contributed by atoms with Gasteiger partial charge in [-0.15, -0.1) is 0 Å². The first-order valence-corrected chi connectivity index (χ1v) is 8.38. The van der Waals surface area contributed by atoms with Gasteiger partial charge in [0, 0.05) is 0 Å². The van der Waals surface area contributed by atoms with Gasteiger partial charge in [0.05, 0.1) is 0 Å². The molecule has 0 spiro atoms. The average Bonchev–Trinajstić information content (AvgIpc) is 2.60. The van der Waals surface area contributed by atoms with Crippen LogP contribution < -0.4 is 0 Å². The molecule has 3 aromatic rings. The zero-order chi connectivity index (χ0) is 15.5. The van der Waals surface area contributed by atoms with E-state index in [-0.39, 0.29) is 0 Å². The van der Waals surface area contributed by atoms with Crippen molar-refractivity contribution in [3.63, 3.8) is 0 Å². The summed E-state index contributed by atoms with van der Waals surface area (Å²) >= 11 is 0. The molecule has 0 aromatic heterocycles. The quantitative estimate of drug-likeness (QED) is 0.461. The maximum atomic E-state index is 2.25. The molecule has 0 aliphatic carbocycles. The first kappa shape index (κ1) is 16.3. The lowest BCUT2D eigenvalue weighted by Crippen LogP contribution is -1.84. The maximum Gasteiger partial charge on any atom is -0.0184 e. The lowest BCUT2D eigenvalue weighted by atomic mass is 10.1. The summed E-state index contributed by atoms with van der Waals surface area (Å²) in [7, 11) is 0. The molecule has 0 amide bonds. The zero-order valence-electron chi connectivity index (χ0n) is 13.5. The molecule has 0 heterocycles. The zero-order valence-corrected chi connectivity index (χ0v) is 13.5. The van der Waals surface area contributed by atoms with Crippen LogP contribution in [-0.4, -0.2) is 0 Å². The third kappa shape index (κ3) is 5.73. The molecule has 0 bridgehead atoms. The fourth-order valence-corrected chi connectivity index (χ4v) is 2.53. The van der Waals surface area contributed by atoms with Crippen molar-refractivity contribution in [1.82, 2.24) is 0 Å². The molecule has 0 N–H and O–H groups in total. The van der Waals surface area contributed by atoms with Gasteiger partial charge in [-0.1, -0.05) is 105 Å². The van der Waals surface area contributed by atoms with Gasteiger partial charge in [-0.2, -0.15) is 0 Å². The van der Waals surface area contributed by atoms with E-state index in [0.29, 0.717) is 0 Å². The number of rotatable bonds is 5. The molecular weight excluding hydrogens is 264 g/mol. The Kier molecular flexibility index (Phi) is 7.25. The van der Waals surface area contributed by atoms with Crippen molar-refractivity contribution in [2.24, 2.45) is 0 Å². The smallest absolute Gasteiger partial charge is 0.0184 e. The van der Waals surface area contributed by atoms with Crippen LogP contribution in [0.1, 0.15) is 38.2 Å². The van der Waals surface area contributed by atoms with Crippen LogP contribution >= 0.6 is 0 Å². The molecule has 3 rings (SSSR count). The molecule has 0 nitrogen and oxygen atoms in total. The molecule has 114 valence electrons. The molecule has 0 saturated heterocycles. The number of hydrogen-bond donors (Lipinski definition) is 0. The highest BCUT2D eigenvalue weighted by molar-refractivity contribution is 5.81. The second-order valence-corrected chi connectivity index (χ2v) is 5.64. The summed E-state index contributed by atoms with van der Waals surface area (Å²) in [6, 6.07) is 27.5. The Balaban J connectivity index is 0.000000162. The minimum absolute atomic E-state index is 1.25. The van der Waals surface area contributed by atoms with Gasteiger partial charge in [-0.25, -0.2) is 0 Å². The van der Waals surface area contributed by atoms with Crippen LogP contribution in [-0.2, 0) is 6.42 Å². The van der Waals surface area contributed by atoms with Crippen LogP contribution in [0, 0.1) is 0 Å². The van der Waals surface area contributed by atoms with E-state index in [1.807, 2.05) is 0 Å². The molecule has 0 aliphatic heterocycles. The third-order valence-electron chi connectivity index (χ3n) is 3.82. The SMILES string of the molecule is CCCCCCc1ccccc1.c1ccc2ccccc2c1. The van der Waals surface area contributed by atoms with Gasteiger partial charge in [0.25, 0.3) is 0 Å². The molecule has 0 heteroatoms. The summed E-state index contributed by atoms with van der Waals surface area (Å²) in [4.78, 5) is 0. The van der Waals surface area contributed by atoms with Crippen LogP contribution in [0.4, 0.5) is 0 Å². The summed E-state index contributed by atoms with van der Waals surface area (Å²) in [5, 5.41) is 2.62. The highest BCUT2D eigenvalue weighted by atomic mass is 14.0. The average molecular weight is 290 g/mol. The third-order valence-corrected chi connectivity index (χ3v) is 3.82. The van der Waals surface area contributed by atoms with Gasteiger partial charge in [0.1, 0.15) is 0 Å². The van der Waals surface area contributed by atoms with Crippen molar-refractivity contribution in [2.75, 3.05) is 0 Å². The second-order valence-electron chi connectivity index (χ2n) is 5.64. The van der Waals surface area contributed by atoms with Crippen LogP contribution in [0.2, 0.25) is 0 Å². The van der Waals surface area contributed by atoms with E-state index in [4.69, 9.17) is 0 Å². The number of hydrogen-bond acceptors (Lipinski definition) is 0. The van der Waals surface area contributed by atoms with Crippen molar-refractivity contribution in [3.05, 3.63) is 84.4 Å². The van der Waals surface area contributed by atoms with Crippen molar-refractivity contribution in [2.45, 2.75) is 39.0 Å². The number of aryl methyl sites for hydroxylation is 1. The van der Waals surface area contributed by atoms with Crippen molar-refractivity contribution in [3.8, 4) is 0 Å². The Morgan fingerprint density at radius 2 is 1.05 bits per heavy atom. The number of fused-ring (bicyclic) bond motifs is 1. The summed E-state index contributed by atoms with van der Waals surface area (Å²) in [6.07, 6.45) is 6.69. The van der Waals surface area contributed by atoms with Crippen LogP contribution in [0.3, 0.4) is 0 Å². The van der Waals surface area contributed by atoms with Crippen LogP contribution in [0.5, 0.6) is 0 Å². The largest absolute Gasteiger partial charge is 0.0654 e. The van der Waals surface area contributed by atoms with Crippen molar-refractivity contribution < 1.29 is 0 Å². The topological polar surface area (TPSA) is 0 Å². The van der Waals surface area contributed by atoms with Crippen molar-refractivity contribution >= 4 is 10.8 Å². The van der Waals surface area contributed by atoms with Gasteiger partial charge in [0.2, 0.25) is 0 Å². The first-order chi connectivity index (χ1) is 10.9. The first-order valence-electron chi connectivity index (χ1n) is 8.38. The summed E-state index contributed by atoms with van der Waals surface area (Å²) in [6.45, 7) is 2.25. The van der Waals surface area contributed by atoms with E-state index in [2.05, 4.69) is 85.8 Å². The molecule has 0 saturated carbocycles. The lowest BCUT2D eigenvalue weighted by molar-refractivity contribution is 0.667. The molecule has 0 aliphatic rings. The minimum Gasteiger partial charge on any atom is -0.0654 e. The molecule has 0 fully saturated rings. The molecule has 0 unspecified atom stereocenters. The van der Waals surface area contributed by atoms with Crippen LogP contribution in [0.25, 0.3) is 10.8 Å². The van der Waals surface area contributed by atoms with E-state index in [1.54, 1.807) is 0 Å². The van der Waals surface area contributed by atoms with Crippen molar-refractivity contribution in [1.29, 1.82) is 0 Å². The lowest BCUT2D eigenvalue weighted by Gasteiger charge is -1.99. The predicted octanol–water partition coefficient (Wildman–Crippen LogP) is 6.65. The summed E-state index contributed by atoms with van der Waals surface area (Å²) < 4.78 is 0. The summed E-state index contributed by atoms with van der Waals surface area (Å²) in [5.41, 5.74) is 1.48. The van der Waals surface area contributed by atoms with Crippen LogP contribution in [0.15, 0.2) is 78.9 Å². The normalized spacial score (nSPS) is 10.0. The molecule has 3 aromatic carbocycles. The van der Waals surface area contributed by atoms with Gasteiger partial charge in [-0.3, -0.25) is 0 Å². The number of unbranched alkanes of at least 4 members (excludes halogenated alkanes) is 3. The van der Waals surface area contributed by atoms with E-state index in [1.165, 1.54) is 48.4 Å². The van der Waals surface area contributed by atoms with Gasteiger partial charge in [0.15, 0.2) is 0 Å². The van der Waals surface area contributed by atoms with Gasteiger partial charge >= 0.3 is 0 Å². The van der Waals surface area contributed by atoms with Gasteiger partial charge in [-0.05, 0) is 29.2 Å². The minimum atomic E-state index is 1.25. The summed E-state index contributed by atoms with van der Waals surface area (Å²) in [5.74, 6) is 0. The fraction of sp³-hybridized carbons (Fsp3) is 0.273. The highest BCUT2D eigenvalue weighted by Gasteiger charge is 1.90. The monoisotopic (exact) mass is 290 g/mol. The van der Waals surface area contributed by atoms with E-state index >= 15 is 0 Å². The standard InChI is InChI=1S/C12H18.C10H8/c1-2-3-4-6-9-12-10-7-5-8-11-12;1-2-6-10-8-4-3-7-9(10)5-1/h5,7-8,10-11H,2-4,6,9H2,1H3;1-8H.